The first-order chi connectivity index (χ1) is 19.9. The van der Waals surface area contributed by atoms with Crippen molar-refractivity contribution in [2.24, 2.45) is 5.92 Å². The summed E-state index contributed by atoms with van der Waals surface area (Å²) in [4.78, 5) is 20.5. The van der Waals surface area contributed by atoms with Crippen LogP contribution < -0.4 is 10.6 Å². The van der Waals surface area contributed by atoms with E-state index in [4.69, 9.17) is 16.3 Å². The van der Waals surface area contributed by atoms with Crippen LogP contribution in [0.5, 0.6) is 0 Å². The van der Waals surface area contributed by atoms with Crippen LogP contribution in [0.15, 0.2) is 35.7 Å². The van der Waals surface area contributed by atoms with E-state index in [0.717, 1.165) is 43.8 Å². The maximum Gasteiger partial charge on any atom is 0.246 e. The van der Waals surface area contributed by atoms with E-state index in [9.17, 15) is 10.1 Å². The molecule has 0 aromatic heterocycles. The van der Waals surface area contributed by atoms with E-state index >= 15 is 0 Å². The average molecular weight is 599 g/mol. The Kier molecular flexibility index (Phi) is 9.00. The number of aryl methyl sites for hydroxylation is 1. The van der Waals surface area contributed by atoms with E-state index in [1.807, 2.05) is 22.7 Å². The minimum atomic E-state index is -0.239. The molecule has 1 amide bonds. The van der Waals surface area contributed by atoms with Crippen LogP contribution in [0, 0.1) is 17.2 Å². The van der Waals surface area contributed by atoms with Gasteiger partial charge in [-0.3, -0.25) is 20.3 Å². The summed E-state index contributed by atoms with van der Waals surface area (Å²) in [6.07, 6.45) is 9.55. The van der Waals surface area contributed by atoms with Crippen molar-refractivity contribution in [2.45, 2.75) is 91.7 Å². The number of halogens is 1. The van der Waals surface area contributed by atoms with Crippen molar-refractivity contribution in [1.29, 1.82) is 5.26 Å². The van der Waals surface area contributed by atoms with Crippen molar-refractivity contribution < 1.29 is 9.53 Å². The monoisotopic (exact) mass is 598 g/mol. The molecule has 6 unspecified atom stereocenters. The number of fused-ring (bicyclic) bond motifs is 2. The third kappa shape index (κ3) is 6.08. The standard InChI is InChI=1S/C31H43ClN6O2S/c1-3-27(39)38-17-16-37(19-22(38)11-14-33)29-24-10-13-31(12-9-21-6-4-8-25(32)28(21)41-31)18-26(24)34-30(35-29)40-20-23-7-5-15-36(23)2/h3-4,6,8,22-24,26,29-30,34-35H,1,5,7,9-13,15-20H2,2H3/t22?,23?,24?,26?,29?,30?,31-/m1/s1. The number of piperazine rings is 1. The number of likely N-dealkylation sites (tertiary alicyclic amines) is 1. The maximum atomic E-state index is 12.6. The van der Waals surface area contributed by atoms with E-state index in [1.54, 1.807) is 0 Å². The van der Waals surface area contributed by atoms with Gasteiger partial charge in [-0.25, -0.2) is 0 Å². The lowest BCUT2D eigenvalue weighted by atomic mass is 9.73. The Morgan fingerprint density at radius 3 is 2.93 bits per heavy atom. The van der Waals surface area contributed by atoms with Crippen LogP contribution in [0.2, 0.25) is 5.02 Å². The molecule has 7 atom stereocenters. The van der Waals surface area contributed by atoms with E-state index < -0.39 is 0 Å². The minimum absolute atomic E-state index is 0.0872. The molecule has 0 radical (unpaired) electrons. The van der Waals surface area contributed by atoms with Crippen LogP contribution in [-0.2, 0) is 16.0 Å². The molecule has 4 fully saturated rings. The largest absolute Gasteiger partial charge is 0.348 e. The fourth-order valence-corrected chi connectivity index (χ4v) is 9.77. The number of benzene rings is 1. The molecule has 41 heavy (non-hydrogen) atoms. The fraction of sp³-hybridized carbons (Fsp3) is 0.677. The molecule has 1 aromatic rings. The summed E-state index contributed by atoms with van der Waals surface area (Å²) in [5.41, 5.74) is 1.38. The lowest BCUT2D eigenvalue weighted by Gasteiger charge is -2.56. The van der Waals surface area contributed by atoms with Crippen LogP contribution in [-0.4, -0.2) is 95.8 Å². The van der Waals surface area contributed by atoms with Gasteiger partial charge in [0.2, 0.25) is 5.91 Å². The Morgan fingerprint density at radius 1 is 1.27 bits per heavy atom. The molecule has 1 aromatic carbocycles. The van der Waals surface area contributed by atoms with Gasteiger partial charge in [-0.05, 0) is 76.2 Å². The molecule has 3 saturated heterocycles. The number of thioether (sulfide) groups is 1. The molecule has 2 N–H and O–H groups in total. The molecular formula is C31H43ClN6O2S. The molecule has 4 aliphatic heterocycles. The molecule has 1 spiro atoms. The van der Waals surface area contributed by atoms with Gasteiger partial charge >= 0.3 is 0 Å². The summed E-state index contributed by atoms with van der Waals surface area (Å²) < 4.78 is 6.73. The normalized spacial score (nSPS) is 36.0. The Morgan fingerprint density at radius 2 is 2.15 bits per heavy atom. The number of hydrogen-bond acceptors (Lipinski definition) is 8. The van der Waals surface area contributed by atoms with Crippen LogP contribution in [0.3, 0.4) is 0 Å². The number of hydrogen-bond donors (Lipinski definition) is 2. The van der Waals surface area contributed by atoms with E-state index in [2.05, 4.69) is 52.3 Å². The predicted molar refractivity (Wildman–Crippen MR) is 162 cm³/mol. The van der Waals surface area contributed by atoms with Gasteiger partial charge in [0.25, 0.3) is 0 Å². The molecule has 8 nitrogen and oxygen atoms in total. The van der Waals surface area contributed by atoms with Gasteiger partial charge in [-0.15, -0.1) is 11.8 Å². The van der Waals surface area contributed by atoms with Crippen molar-refractivity contribution in [1.82, 2.24) is 25.3 Å². The number of amides is 1. The van der Waals surface area contributed by atoms with Crippen LogP contribution in [0.1, 0.15) is 50.5 Å². The second-order valence-electron chi connectivity index (χ2n) is 12.5. The van der Waals surface area contributed by atoms with E-state index in [0.29, 0.717) is 44.1 Å². The zero-order valence-electron chi connectivity index (χ0n) is 24.1. The molecular weight excluding hydrogens is 556 g/mol. The van der Waals surface area contributed by atoms with Gasteiger partial charge in [-0.2, -0.15) is 5.26 Å². The molecule has 4 heterocycles. The number of nitrogens with one attached hydrogen (secondary N) is 2. The summed E-state index contributed by atoms with van der Waals surface area (Å²) in [5.74, 6) is 0.322. The Bertz CT molecular complexity index is 1180. The van der Waals surface area contributed by atoms with Crippen LogP contribution in [0.25, 0.3) is 0 Å². The second kappa shape index (κ2) is 12.5. The van der Waals surface area contributed by atoms with Gasteiger partial charge in [-0.1, -0.05) is 30.3 Å². The van der Waals surface area contributed by atoms with Crippen molar-refractivity contribution in [3.63, 3.8) is 0 Å². The number of likely N-dealkylation sites (N-methyl/N-ethyl adjacent to an activating group) is 1. The highest BCUT2D eigenvalue weighted by molar-refractivity contribution is 8.00. The lowest BCUT2D eigenvalue weighted by molar-refractivity contribution is -0.135. The van der Waals surface area contributed by atoms with Gasteiger partial charge in [0.05, 0.1) is 36.3 Å². The third-order valence-corrected chi connectivity index (χ3v) is 12.3. The number of carbonyl (C=O) groups is 1. The molecule has 222 valence electrons. The maximum absolute atomic E-state index is 12.6. The predicted octanol–water partition coefficient (Wildman–Crippen LogP) is 3.81. The smallest absolute Gasteiger partial charge is 0.246 e. The topological polar surface area (TPSA) is 83.9 Å². The first kappa shape index (κ1) is 29.4. The van der Waals surface area contributed by atoms with Crippen molar-refractivity contribution in [3.05, 3.63) is 41.4 Å². The van der Waals surface area contributed by atoms with Crippen LogP contribution in [0.4, 0.5) is 0 Å². The highest BCUT2D eigenvalue weighted by atomic mass is 35.5. The number of ether oxygens (including phenoxy) is 1. The Labute approximate surface area is 253 Å². The summed E-state index contributed by atoms with van der Waals surface area (Å²) in [6, 6.07) is 9.25. The number of rotatable bonds is 6. The zero-order chi connectivity index (χ0) is 28.6. The molecule has 10 heteroatoms. The molecule has 5 aliphatic rings. The Hall–Kier alpha value is -1.64. The van der Waals surface area contributed by atoms with Gasteiger partial charge in [0.15, 0.2) is 6.35 Å². The number of nitrogens with zero attached hydrogens (tertiary/aromatic N) is 4. The third-order valence-electron chi connectivity index (χ3n) is 10.2. The highest BCUT2D eigenvalue weighted by Gasteiger charge is 2.50. The first-order valence-corrected chi connectivity index (χ1v) is 16.4. The highest BCUT2D eigenvalue weighted by Crippen LogP contribution is 2.54. The van der Waals surface area contributed by atoms with Gasteiger partial charge in [0.1, 0.15) is 0 Å². The van der Waals surface area contributed by atoms with Crippen molar-refractivity contribution in [3.8, 4) is 6.07 Å². The minimum Gasteiger partial charge on any atom is -0.348 e. The number of nitriles is 1. The van der Waals surface area contributed by atoms with Gasteiger partial charge in [0, 0.05) is 47.3 Å². The molecule has 1 aliphatic carbocycles. The van der Waals surface area contributed by atoms with Crippen molar-refractivity contribution >= 4 is 29.3 Å². The summed E-state index contributed by atoms with van der Waals surface area (Å²) in [6.45, 7) is 7.56. The fourth-order valence-electron chi connectivity index (χ4n) is 7.87. The summed E-state index contributed by atoms with van der Waals surface area (Å²) in [5, 5.41) is 18.2. The summed E-state index contributed by atoms with van der Waals surface area (Å²) >= 11 is 8.70. The number of carbonyl (C=O) groups excluding carboxylic acids is 1. The van der Waals surface area contributed by atoms with Gasteiger partial charge < -0.3 is 14.5 Å². The SMILES string of the molecule is C=CC(=O)N1CCN(C2NC(OCC3CCCN3C)NC3C[C@@]4(CCc5cccc(Cl)c5S4)CCC32)CC1CC#N. The lowest BCUT2D eigenvalue weighted by Crippen LogP contribution is -2.72. The van der Waals surface area contributed by atoms with E-state index in [1.165, 1.54) is 35.8 Å². The average Bonchev–Trinajstić information content (AvgIpc) is 3.40. The summed E-state index contributed by atoms with van der Waals surface area (Å²) in [7, 11) is 2.19. The quantitative estimate of drug-likeness (QED) is 0.479. The Balaban J connectivity index is 1.21. The molecule has 0 bridgehead atoms. The van der Waals surface area contributed by atoms with Crippen LogP contribution >= 0.6 is 23.4 Å². The zero-order valence-corrected chi connectivity index (χ0v) is 25.6. The second-order valence-corrected chi connectivity index (χ2v) is 14.4. The molecule has 1 saturated carbocycles. The van der Waals surface area contributed by atoms with E-state index in [-0.39, 0.29) is 29.2 Å². The first-order valence-electron chi connectivity index (χ1n) is 15.2. The van der Waals surface area contributed by atoms with Crippen molar-refractivity contribution in [2.75, 3.05) is 39.8 Å². The molecule has 6 rings (SSSR count).